The van der Waals surface area contributed by atoms with E-state index in [9.17, 15) is 0 Å². The number of nitrogens with one attached hydrogen (secondary N) is 1. The number of aryl methyl sites for hydroxylation is 1. The van der Waals surface area contributed by atoms with Crippen LogP contribution >= 0.6 is 27.5 Å². The second kappa shape index (κ2) is 7.71. The van der Waals surface area contributed by atoms with Crippen LogP contribution in [0.3, 0.4) is 0 Å². The van der Waals surface area contributed by atoms with Crippen LogP contribution in [-0.4, -0.2) is 6.61 Å². The van der Waals surface area contributed by atoms with Gasteiger partial charge in [0, 0.05) is 16.6 Å². The fourth-order valence-electron chi connectivity index (χ4n) is 2.08. The SMILES string of the molecule is CCCOc1ccc(Br)cc1CNc1c(C)cccc1Cl. The normalized spacial score (nSPS) is 10.5. The van der Waals surface area contributed by atoms with Crippen LogP contribution < -0.4 is 10.1 Å². The minimum Gasteiger partial charge on any atom is -0.493 e. The molecule has 1 N–H and O–H groups in total. The van der Waals surface area contributed by atoms with Crippen LogP contribution in [0.15, 0.2) is 40.9 Å². The summed E-state index contributed by atoms with van der Waals surface area (Å²) in [6.45, 7) is 5.54. The minimum absolute atomic E-state index is 0.670. The van der Waals surface area contributed by atoms with E-state index in [1.54, 1.807) is 0 Å². The van der Waals surface area contributed by atoms with Gasteiger partial charge in [-0.3, -0.25) is 0 Å². The van der Waals surface area contributed by atoms with E-state index in [-0.39, 0.29) is 0 Å². The number of rotatable bonds is 6. The molecule has 2 aromatic carbocycles. The van der Waals surface area contributed by atoms with Gasteiger partial charge >= 0.3 is 0 Å². The van der Waals surface area contributed by atoms with Crippen LogP contribution in [0, 0.1) is 6.92 Å². The summed E-state index contributed by atoms with van der Waals surface area (Å²) in [5.41, 5.74) is 3.21. The summed E-state index contributed by atoms with van der Waals surface area (Å²) >= 11 is 9.76. The highest BCUT2D eigenvalue weighted by Crippen LogP contribution is 2.28. The Kier molecular flexibility index (Phi) is 5.95. The monoisotopic (exact) mass is 367 g/mol. The van der Waals surface area contributed by atoms with Crippen molar-refractivity contribution in [2.24, 2.45) is 0 Å². The second-order valence-electron chi connectivity index (χ2n) is 4.89. The van der Waals surface area contributed by atoms with Gasteiger partial charge in [0.25, 0.3) is 0 Å². The smallest absolute Gasteiger partial charge is 0.124 e. The van der Waals surface area contributed by atoms with Gasteiger partial charge in [-0.1, -0.05) is 46.6 Å². The van der Waals surface area contributed by atoms with Crippen LogP contribution in [0.4, 0.5) is 5.69 Å². The molecular weight excluding hydrogens is 350 g/mol. The molecule has 0 heterocycles. The third-order valence-corrected chi connectivity index (χ3v) is 3.97. The number of benzene rings is 2. The Morgan fingerprint density at radius 2 is 2.05 bits per heavy atom. The lowest BCUT2D eigenvalue weighted by atomic mass is 10.1. The van der Waals surface area contributed by atoms with Crippen LogP contribution in [-0.2, 0) is 6.54 Å². The highest BCUT2D eigenvalue weighted by molar-refractivity contribution is 9.10. The van der Waals surface area contributed by atoms with Crippen molar-refractivity contribution in [2.45, 2.75) is 26.8 Å². The zero-order valence-corrected chi connectivity index (χ0v) is 14.6. The zero-order chi connectivity index (χ0) is 15.2. The molecule has 0 saturated heterocycles. The Morgan fingerprint density at radius 1 is 1.24 bits per heavy atom. The highest BCUT2D eigenvalue weighted by atomic mass is 79.9. The van der Waals surface area contributed by atoms with Crippen molar-refractivity contribution in [1.82, 2.24) is 0 Å². The van der Waals surface area contributed by atoms with Gasteiger partial charge < -0.3 is 10.1 Å². The molecule has 0 aromatic heterocycles. The predicted molar refractivity (Wildman–Crippen MR) is 93.4 cm³/mol. The number of halogens is 2. The zero-order valence-electron chi connectivity index (χ0n) is 12.2. The van der Waals surface area contributed by atoms with Crippen molar-refractivity contribution in [2.75, 3.05) is 11.9 Å². The molecule has 0 atom stereocenters. The third kappa shape index (κ3) is 4.39. The van der Waals surface area contributed by atoms with Gasteiger partial charge in [0.05, 0.1) is 17.3 Å². The molecule has 0 fully saturated rings. The molecule has 0 radical (unpaired) electrons. The van der Waals surface area contributed by atoms with E-state index < -0.39 is 0 Å². The number of anilines is 1. The van der Waals surface area contributed by atoms with Crippen molar-refractivity contribution in [3.05, 3.63) is 57.0 Å². The fourth-order valence-corrected chi connectivity index (χ4v) is 2.78. The summed E-state index contributed by atoms with van der Waals surface area (Å²) in [6, 6.07) is 12.0. The van der Waals surface area contributed by atoms with Crippen LogP contribution in [0.5, 0.6) is 5.75 Å². The lowest BCUT2D eigenvalue weighted by Crippen LogP contribution is -2.05. The Morgan fingerprint density at radius 3 is 2.76 bits per heavy atom. The lowest BCUT2D eigenvalue weighted by molar-refractivity contribution is 0.314. The first-order chi connectivity index (χ1) is 10.1. The molecule has 0 saturated carbocycles. The molecule has 0 aliphatic rings. The summed E-state index contributed by atoms with van der Waals surface area (Å²) in [4.78, 5) is 0. The molecule has 2 aromatic rings. The topological polar surface area (TPSA) is 21.3 Å². The van der Waals surface area contributed by atoms with E-state index in [0.717, 1.165) is 45.1 Å². The average molecular weight is 369 g/mol. The largest absolute Gasteiger partial charge is 0.493 e. The molecule has 0 aliphatic heterocycles. The first-order valence-electron chi connectivity index (χ1n) is 7.02. The van der Waals surface area contributed by atoms with E-state index in [1.165, 1.54) is 0 Å². The molecule has 0 bridgehead atoms. The van der Waals surface area contributed by atoms with Gasteiger partial charge in [0.2, 0.25) is 0 Å². The first-order valence-corrected chi connectivity index (χ1v) is 8.19. The summed E-state index contributed by atoms with van der Waals surface area (Å²) in [6.07, 6.45) is 0.993. The summed E-state index contributed by atoms with van der Waals surface area (Å²) in [5, 5.41) is 4.15. The Hall–Kier alpha value is -1.19. The number of hydrogen-bond donors (Lipinski definition) is 1. The fraction of sp³-hybridized carbons (Fsp3) is 0.294. The van der Waals surface area contributed by atoms with Gasteiger partial charge in [0.15, 0.2) is 0 Å². The van der Waals surface area contributed by atoms with E-state index >= 15 is 0 Å². The van der Waals surface area contributed by atoms with Crippen LogP contribution in [0.1, 0.15) is 24.5 Å². The molecule has 21 heavy (non-hydrogen) atoms. The van der Waals surface area contributed by atoms with Crippen molar-refractivity contribution in [3.63, 3.8) is 0 Å². The van der Waals surface area contributed by atoms with Crippen molar-refractivity contribution in [1.29, 1.82) is 0 Å². The number of para-hydroxylation sites is 1. The molecule has 112 valence electrons. The minimum atomic E-state index is 0.670. The molecule has 0 amide bonds. The van der Waals surface area contributed by atoms with Crippen molar-refractivity contribution < 1.29 is 4.74 Å². The van der Waals surface area contributed by atoms with Crippen LogP contribution in [0.2, 0.25) is 5.02 Å². The molecule has 2 rings (SSSR count). The Bertz CT molecular complexity index is 595. The van der Waals surface area contributed by atoms with Gasteiger partial charge in [-0.2, -0.15) is 0 Å². The van der Waals surface area contributed by atoms with Crippen molar-refractivity contribution in [3.8, 4) is 5.75 Å². The maximum atomic E-state index is 6.25. The Labute approximate surface area is 139 Å². The van der Waals surface area contributed by atoms with E-state index in [4.69, 9.17) is 16.3 Å². The summed E-state index contributed by atoms with van der Waals surface area (Å²) < 4.78 is 6.84. The highest BCUT2D eigenvalue weighted by Gasteiger charge is 2.07. The first kappa shape index (κ1) is 16.2. The van der Waals surface area contributed by atoms with Gasteiger partial charge in [-0.25, -0.2) is 0 Å². The number of hydrogen-bond acceptors (Lipinski definition) is 2. The Balaban J connectivity index is 2.17. The van der Waals surface area contributed by atoms with Gasteiger partial charge in [-0.15, -0.1) is 0 Å². The van der Waals surface area contributed by atoms with E-state index in [2.05, 4.69) is 34.2 Å². The molecule has 2 nitrogen and oxygen atoms in total. The molecule has 0 spiro atoms. The predicted octanol–water partition coefficient (Wildman–Crippen LogP) is 5.81. The van der Waals surface area contributed by atoms with E-state index in [1.807, 2.05) is 37.3 Å². The second-order valence-corrected chi connectivity index (χ2v) is 6.21. The molecule has 0 unspecified atom stereocenters. The summed E-state index contributed by atoms with van der Waals surface area (Å²) in [7, 11) is 0. The average Bonchev–Trinajstić information content (AvgIpc) is 2.46. The maximum Gasteiger partial charge on any atom is 0.124 e. The molecule has 4 heteroatoms. The maximum absolute atomic E-state index is 6.25. The molecule has 0 aliphatic carbocycles. The standard InChI is InChI=1S/C17H19BrClNO/c1-3-9-21-16-8-7-14(18)10-13(16)11-20-17-12(2)5-4-6-15(17)19/h4-8,10,20H,3,9,11H2,1-2H3. The van der Waals surface area contributed by atoms with Gasteiger partial charge in [-0.05, 0) is 43.2 Å². The summed E-state index contributed by atoms with van der Waals surface area (Å²) in [5.74, 6) is 0.914. The van der Waals surface area contributed by atoms with Gasteiger partial charge in [0.1, 0.15) is 5.75 Å². The molecular formula is C17H19BrClNO. The van der Waals surface area contributed by atoms with E-state index in [0.29, 0.717) is 6.54 Å². The number of ether oxygens (including phenoxy) is 1. The van der Waals surface area contributed by atoms with Crippen molar-refractivity contribution >= 4 is 33.2 Å². The lowest BCUT2D eigenvalue weighted by Gasteiger charge is -2.15. The third-order valence-electron chi connectivity index (χ3n) is 3.16. The van der Waals surface area contributed by atoms with Crippen LogP contribution in [0.25, 0.3) is 0 Å². The quantitative estimate of drug-likeness (QED) is 0.694.